The van der Waals surface area contributed by atoms with Crippen molar-refractivity contribution in [3.05, 3.63) is 95.3 Å². The Kier molecular flexibility index (Phi) is 6.58. The summed E-state index contributed by atoms with van der Waals surface area (Å²) < 4.78 is 41.1. The highest BCUT2D eigenvalue weighted by Gasteiger charge is 2.30. The van der Waals surface area contributed by atoms with Crippen LogP contribution in [0.1, 0.15) is 43.2 Å². The van der Waals surface area contributed by atoms with E-state index in [-0.39, 0.29) is 5.91 Å². The molecule has 1 aromatic heterocycles. The molecule has 0 saturated carbocycles. The molecule has 0 unspecified atom stereocenters. The maximum absolute atomic E-state index is 13.1. The molecule has 6 heteroatoms. The number of halogens is 3. The minimum Gasteiger partial charge on any atom is -0.345 e. The van der Waals surface area contributed by atoms with Gasteiger partial charge < -0.3 is 9.47 Å². The van der Waals surface area contributed by atoms with Gasteiger partial charge in [-0.3, -0.25) is 4.79 Å². The van der Waals surface area contributed by atoms with E-state index < -0.39 is 17.2 Å². The molecule has 1 amide bonds. The van der Waals surface area contributed by atoms with Crippen LogP contribution in [0.2, 0.25) is 0 Å². The van der Waals surface area contributed by atoms with E-state index in [0.29, 0.717) is 25.2 Å². The molecule has 0 radical (unpaired) electrons. The van der Waals surface area contributed by atoms with Gasteiger partial charge in [0.15, 0.2) is 0 Å². The van der Waals surface area contributed by atoms with E-state index >= 15 is 0 Å². The lowest BCUT2D eigenvalue weighted by atomic mass is 9.94. The molecule has 3 nitrogen and oxygen atoms in total. The van der Waals surface area contributed by atoms with Crippen LogP contribution in [-0.4, -0.2) is 15.4 Å². The average molecular weight is 428 g/mol. The molecular formula is C25H27F3N2O. The van der Waals surface area contributed by atoms with Crippen LogP contribution in [0.5, 0.6) is 0 Å². The Hall–Kier alpha value is -3.02. The summed E-state index contributed by atoms with van der Waals surface area (Å²) in [7, 11) is 0. The Labute approximate surface area is 181 Å². The summed E-state index contributed by atoms with van der Waals surface area (Å²) in [5.74, 6) is 0.0168. The third kappa shape index (κ3) is 6.00. The summed E-state index contributed by atoms with van der Waals surface area (Å²) in [5, 5.41) is 0. The molecule has 0 fully saturated rings. The third-order valence-electron chi connectivity index (χ3n) is 5.03. The van der Waals surface area contributed by atoms with Crippen LogP contribution in [0, 0.1) is 5.41 Å². The number of amides is 1. The van der Waals surface area contributed by atoms with Crippen LogP contribution in [0.3, 0.4) is 0 Å². The Morgan fingerprint density at radius 3 is 2.19 bits per heavy atom. The third-order valence-corrected chi connectivity index (χ3v) is 5.03. The summed E-state index contributed by atoms with van der Waals surface area (Å²) in [4.78, 5) is 14.9. The minimum atomic E-state index is -4.37. The molecule has 0 aliphatic carbocycles. The number of rotatable bonds is 6. The Balaban J connectivity index is 1.84. The predicted octanol–water partition coefficient (Wildman–Crippen LogP) is 6.13. The molecule has 31 heavy (non-hydrogen) atoms. The molecule has 0 N–H and O–H groups in total. The van der Waals surface area contributed by atoms with Gasteiger partial charge in [0.2, 0.25) is 5.91 Å². The number of hydrogen-bond donors (Lipinski definition) is 0. The second-order valence-electron chi connectivity index (χ2n) is 8.72. The maximum atomic E-state index is 13.1. The van der Waals surface area contributed by atoms with Gasteiger partial charge in [-0.15, -0.1) is 0 Å². The monoisotopic (exact) mass is 428 g/mol. The summed E-state index contributed by atoms with van der Waals surface area (Å²) in [6, 6.07) is 18.9. The van der Waals surface area contributed by atoms with Crippen molar-refractivity contribution in [2.75, 3.05) is 0 Å². The van der Waals surface area contributed by atoms with Crippen LogP contribution in [0.15, 0.2) is 72.9 Å². The van der Waals surface area contributed by atoms with Crippen LogP contribution in [0.4, 0.5) is 13.2 Å². The van der Waals surface area contributed by atoms with Gasteiger partial charge in [0, 0.05) is 30.4 Å². The zero-order valence-corrected chi connectivity index (χ0v) is 18.0. The lowest BCUT2D eigenvalue weighted by Gasteiger charge is -2.30. The highest BCUT2D eigenvalue weighted by atomic mass is 19.4. The SMILES string of the molecule is CC(C)(C)C(=O)N(Cc1ccccc1)Cc1cccn1Cc1cccc(C(F)(F)F)c1. The molecule has 0 aliphatic heterocycles. The van der Waals surface area contributed by atoms with E-state index in [2.05, 4.69) is 0 Å². The molecule has 3 aromatic rings. The fraction of sp³-hybridized carbons (Fsp3) is 0.320. The minimum absolute atomic E-state index is 0.0168. The fourth-order valence-electron chi connectivity index (χ4n) is 3.46. The Bertz CT molecular complexity index is 1020. The van der Waals surface area contributed by atoms with Crippen LogP contribution < -0.4 is 0 Å². The highest BCUT2D eigenvalue weighted by Crippen LogP contribution is 2.30. The van der Waals surface area contributed by atoms with Gasteiger partial charge in [0.1, 0.15) is 0 Å². The van der Waals surface area contributed by atoms with E-state index in [1.54, 1.807) is 11.0 Å². The van der Waals surface area contributed by atoms with E-state index in [1.165, 1.54) is 12.1 Å². The average Bonchev–Trinajstić information content (AvgIpc) is 3.13. The van der Waals surface area contributed by atoms with E-state index in [1.807, 2.05) is 74.0 Å². The molecular weight excluding hydrogens is 401 g/mol. The number of benzene rings is 2. The molecule has 0 saturated heterocycles. The molecule has 0 bridgehead atoms. The predicted molar refractivity (Wildman–Crippen MR) is 115 cm³/mol. The van der Waals surface area contributed by atoms with Crippen LogP contribution >= 0.6 is 0 Å². The van der Waals surface area contributed by atoms with Crippen molar-refractivity contribution in [1.29, 1.82) is 0 Å². The number of carbonyl (C=O) groups is 1. The molecule has 0 atom stereocenters. The van der Waals surface area contributed by atoms with Crippen molar-refractivity contribution >= 4 is 5.91 Å². The van der Waals surface area contributed by atoms with Crippen LogP contribution in [-0.2, 0) is 30.6 Å². The van der Waals surface area contributed by atoms with Crippen molar-refractivity contribution in [2.45, 2.75) is 46.6 Å². The molecule has 2 aromatic carbocycles. The Morgan fingerprint density at radius 1 is 0.871 bits per heavy atom. The van der Waals surface area contributed by atoms with E-state index in [9.17, 15) is 18.0 Å². The zero-order valence-electron chi connectivity index (χ0n) is 18.0. The number of nitrogens with zero attached hydrogens (tertiary/aromatic N) is 2. The smallest absolute Gasteiger partial charge is 0.345 e. The molecule has 0 spiro atoms. The second-order valence-corrected chi connectivity index (χ2v) is 8.72. The summed E-state index contributed by atoms with van der Waals surface area (Å²) in [6.45, 7) is 6.79. The van der Waals surface area contributed by atoms with Gasteiger partial charge in [-0.1, -0.05) is 63.2 Å². The molecule has 3 rings (SSSR count). The second kappa shape index (κ2) is 9.00. The van der Waals surface area contributed by atoms with Crippen LogP contribution in [0.25, 0.3) is 0 Å². The standard InChI is InChI=1S/C25H27F3N2O/c1-24(2,3)23(31)30(16-19-9-5-4-6-10-19)18-22-13-8-14-29(22)17-20-11-7-12-21(15-20)25(26,27)28/h4-15H,16-18H2,1-3H3. The molecule has 1 heterocycles. The summed E-state index contributed by atoms with van der Waals surface area (Å²) in [5.41, 5.74) is 1.24. The number of alkyl halides is 3. The van der Waals surface area contributed by atoms with E-state index in [4.69, 9.17) is 0 Å². The first-order chi connectivity index (χ1) is 14.5. The lowest BCUT2D eigenvalue weighted by Crippen LogP contribution is -2.39. The van der Waals surface area contributed by atoms with E-state index in [0.717, 1.165) is 17.3 Å². The largest absolute Gasteiger partial charge is 0.416 e. The maximum Gasteiger partial charge on any atom is 0.416 e. The van der Waals surface area contributed by atoms with Gasteiger partial charge in [0.25, 0.3) is 0 Å². The summed E-state index contributed by atoms with van der Waals surface area (Å²) >= 11 is 0. The topological polar surface area (TPSA) is 25.2 Å². The summed E-state index contributed by atoms with van der Waals surface area (Å²) in [6.07, 6.45) is -2.54. The van der Waals surface area contributed by atoms with Gasteiger partial charge in [-0.25, -0.2) is 0 Å². The number of hydrogen-bond acceptors (Lipinski definition) is 1. The molecule has 164 valence electrons. The fourth-order valence-corrected chi connectivity index (χ4v) is 3.46. The van der Waals surface area contributed by atoms with Crippen molar-refractivity contribution in [1.82, 2.24) is 9.47 Å². The van der Waals surface area contributed by atoms with Crippen molar-refractivity contribution in [3.8, 4) is 0 Å². The van der Waals surface area contributed by atoms with Gasteiger partial charge in [-0.05, 0) is 35.4 Å². The van der Waals surface area contributed by atoms with Crippen molar-refractivity contribution < 1.29 is 18.0 Å². The van der Waals surface area contributed by atoms with Crippen molar-refractivity contribution in [2.24, 2.45) is 5.41 Å². The lowest BCUT2D eigenvalue weighted by molar-refractivity contribution is -0.141. The highest BCUT2D eigenvalue weighted by molar-refractivity contribution is 5.81. The first-order valence-electron chi connectivity index (χ1n) is 10.2. The zero-order chi connectivity index (χ0) is 22.6. The first-order valence-corrected chi connectivity index (χ1v) is 10.2. The quantitative estimate of drug-likeness (QED) is 0.464. The number of aromatic nitrogens is 1. The molecule has 0 aliphatic rings. The number of carbonyl (C=O) groups excluding carboxylic acids is 1. The normalized spacial score (nSPS) is 12.1. The van der Waals surface area contributed by atoms with Gasteiger partial charge in [0.05, 0.1) is 12.1 Å². The van der Waals surface area contributed by atoms with Gasteiger partial charge >= 0.3 is 6.18 Å². The van der Waals surface area contributed by atoms with Gasteiger partial charge in [-0.2, -0.15) is 13.2 Å². The van der Waals surface area contributed by atoms with Crippen molar-refractivity contribution in [3.63, 3.8) is 0 Å². The Morgan fingerprint density at radius 2 is 1.55 bits per heavy atom. The first kappa shape index (κ1) is 22.7.